The van der Waals surface area contributed by atoms with E-state index in [1.165, 1.54) is 11.1 Å². The molecule has 2 aromatic carbocycles. The Hall–Kier alpha value is -1.88. The maximum absolute atomic E-state index is 13.9. The van der Waals surface area contributed by atoms with E-state index >= 15 is 0 Å². The molecule has 4 rings (SSSR count). The number of rotatable bonds is 4. The summed E-state index contributed by atoms with van der Waals surface area (Å²) >= 11 is 0. The van der Waals surface area contributed by atoms with Crippen molar-refractivity contribution >= 4 is 18.5 Å². The molecule has 27 heavy (non-hydrogen) atoms. The van der Waals surface area contributed by atoms with Crippen molar-refractivity contribution in [2.45, 2.75) is 19.5 Å². The van der Waals surface area contributed by atoms with Crippen LogP contribution in [0.2, 0.25) is 0 Å². The van der Waals surface area contributed by atoms with E-state index in [4.69, 9.17) is 4.74 Å². The van der Waals surface area contributed by atoms with Crippen LogP contribution in [0.3, 0.4) is 0 Å². The lowest BCUT2D eigenvalue weighted by Crippen LogP contribution is -2.52. The Bertz CT molecular complexity index is 810. The molecule has 144 valence electrons. The molecule has 0 saturated carbocycles. The zero-order chi connectivity index (χ0) is 17.9. The predicted octanol–water partition coefficient (Wildman–Crippen LogP) is 4.23. The summed E-state index contributed by atoms with van der Waals surface area (Å²) in [5.74, 6) is 0.866. The smallest absolute Gasteiger partial charge is 0.127 e. The highest BCUT2D eigenvalue weighted by Crippen LogP contribution is 2.26. The molecule has 2 aromatic rings. The fourth-order valence-electron chi connectivity index (χ4n) is 3.83. The summed E-state index contributed by atoms with van der Waals surface area (Å²) in [5.41, 5.74) is 3.27. The topological polar surface area (TPSA) is 15.7 Å². The number of hydrogen-bond donors (Lipinski definition) is 0. The third-order valence-electron chi connectivity index (χ3n) is 5.30. The average Bonchev–Trinajstić information content (AvgIpc) is 2.66. The van der Waals surface area contributed by atoms with Crippen molar-refractivity contribution in [1.29, 1.82) is 0 Å². The van der Waals surface area contributed by atoms with Gasteiger partial charge in [-0.3, -0.25) is 9.80 Å². The van der Waals surface area contributed by atoms with Gasteiger partial charge in [0.1, 0.15) is 18.2 Å². The number of hydrogen-bond acceptors (Lipinski definition) is 3. The van der Waals surface area contributed by atoms with Crippen molar-refractivity contribution < 1.29 is 9.13 Å². The Labute approximate surface area is 166 Å². The van der Waals surface area contributed by atoms with Crippen LogP contribution >= 0.6 is 12.4 Å². The number of halogens is 2. The molecule has 1 fully saturated rings. The summed E-state index contributed by atoms with van der Waals surface area (Å²) in [7, 11) is 0. The second-order valence-corrected chi connectivity index (χ2v) is 7.28. The van der Waals surface area contributed by atoms with Crippen LogP contribution < -0.4 is 4.74 Å². The Kier molecular flexibility index (Phi) is 6.53. The van der Waals surface area contributed by atoms with Crippen LogP contribution in [0.1, 0.15) is 18.1 Å². The Morgan fingerprint density at radius 1 is 1.04 bits per heavy atom. The summed E-state index contributed by atoms with van der Waals surface area (Å²) in [6, 6.07) is 15.7. The largest absolute Gasteiger partial charge is 0.489 e. The normalized spacial score (nSPS) is 20.2. The van der Waals surface area contributed by atoms with E-state index in [2.05, 4.69) is 28.9 Å². The van der Waals surface area contributed by atoms with E-state index in [1.807, 2.05) is 30.3 Å². The zero-order valence-electron chi connectivity index (χ0n) is 15.6. The molecule has 2 aliphatic rings. The molecule has 0 aromatic heterocycles. The van der Waals surface area contributed by atoms with E-state index in [0.717, 1.165) is 37.5 Å². The highest BCUT2D eigenvalue weighted by molar-refractivity contribution is 5.85. The van der Waals surface area contributed by atoms with Crippen LogP contribution in [0.25, 0.3) is 6.08 Å². The number of piperazine rings is 1. The van der Waals surface area contributed by atoms with E-state index in [0.29, 0.717) is 19.2 Å². The standard InChI is InChI=1S/C22H25FN2O.ClH/c1-17-13-24(15-20-7-2-4-8-21(20)23)10-11-25(17)14-18-12-19-6-3-5-9-22(19)26-16-18;/h2-9,12,17H,10-11,13-16H2,1H3;1H/t17-;/m1./s1. The number of ether oxygens (including phenoxy) is 1. The summed E-state index contributed by atoms with van der Waals surface area (Å²) in [6.07, 6.45) is 2.26. The molecule has 0 N–H and O–H groups in total. The molecule has 3 nitrogen and oxygen atoms in total. The molecular formula is C22H26ClFN2O. The minimum absolute atomic E-state index is 0. The van der Waals surface area contributed by atoms with Crippen LogP contribution in [0.15, 0.2) is 54.1 Å². The van der Waals surface area contributed by atoms with Gasteiger partial charge in [-0.2, -0.15) is 0 Å². The molecular weight excluding hydrogens is 363 g/mol. The predicted molar refractivity (Wildman–Crippen MR) is 110 cm³/mol. The van der Waals surface area contributed by atoms with Gasteiger partial charge in [-0.05, 0) is 30.7 Å². The fraction of sp³-hybridized carbons (Fsp3) is 0.364. The van der Waals surface area contributed by atoms with Crippen molar-refractivity contribution in [1.82, 2.24) is 9.80 Å². The summed E-state index contributed by atoms with van der Waals surface area (Å²) < 4.78 is 19.8. The quantitative estimate of drug-likeness (QED) is 0.779. The maximum atomic E-state index is 13.9. The van der Waals surface area contributed by atoms with Crippen LogP contribution in [-0.2, 0) is 6.54 Å². The number of fused-ring (bicyclic) bond motifs is 1. The Morgan fingerprint density at radius 3 is 2.63 bits per heavy atom. The van der Waals surface area contributed by atoms with Gasteiger partial charge in [-0.15, -0.1) is 12.4 Å². The molecule has 2 aliphatic heterocycles. The minimum atomic E-state index is -0.106. The summed E-state index contributed by atoms with van der Waals surface area (Å²) in [5, 5.41) is 0. The second-order valence-electron chi connectivity index (χ2n) is 7.28. The van der Waals surface area contributed by atoms with Gasteiger partial charge in [-0.1, -0.05) is 36.4 Å². The molecule has 1 saturated heterocycles. The Morgan fingerprint density at radius 2 is 1.81 bits per heavy atom. The number of benzene rings is 2. The van der Waals surface area contributed by atoms with Gasteiger partial charge >= 0.3 is 0 Å². The first-order valence-electron chi connectivity index (χ1n) is 9.30. The molecule has 0 spiro atoms. The van der Waals surface area contributed by atoms with Gasteiger partial charge in [0.15, 0.2) is 0 Å². The van der Waals surface area contributed by atoms with Crippen molar-refractivity contribution in [2.75, 3.05) is 32.8 Å². The highest BCUT2D eigenvalue weighted by atomic mass is 35.5. The van der Waals surface area contributed by atoms with E-state index in [1.54, 1.807) is 12.1 Å². The number of nitrogens with zero attached hydrogens (tertiary/aromatic N) is 2. The first kappa shape index (κ1) is 19.9. The molecule has 0 unspecified atom stereocenters. The second kappa shape index (κ2) is 8.87. The Balaban J connectivity index is 0.00000210. The fourth-order valence-corrected chi connectivity index (χ4v) is 3.83. The van der Waals surface area contributed by atoms with Gasteiger partial charge < -0.3 is 4.74 Å². The van der Waals surface area contributed by atoms with Gasteiger partial charge in [0, 0.05) is 49.9 Å². The van der Waals surface area contributed by atoms with Crippen LogP contribution in [0.4, 0.5) is 4.39 Å². The number of para-hydroxylation sites is 1. The summed E-state index contributed by atoms with van der Waals surface area (Å²) in [4.78, 5) is 4.85. The lowest BCUT2D eigenvalue weighted by molar-refractivity contribution is 0.0839. The molecule has 5 heteroatoms. The molecule has 0 radical (unpaired) electrons. The third kappa shape index (κ3) is 4.70. The van der Waals surface area contributed by atoms with E-state index < -0.39 is 0 Å². The van der Waals surface area contributed by atoms with Crippen LogP contribution in [-0.4, -0.2) is 48.6 Å². The SMILES string of the molecule is C[C@@H]1CN(Cc2ccccc2F)CCN1CC1=Cc2ccccc2OC1.Cl. The molecule has 0 aliphatic carbocycles. The van der Waals surface area contributed by atoms with Gasteiger partial charge in [0.05, 0.1) is 0 Å². The molecule has 1 atom stereocenters. The monoisotopic (exact) mass is 388 g/mol. The van der Waals surface area contributed by atoms with Gasteiger partial charge in [0.2, 0.25) is 0 Å². The summed E-state index contributed by atoms with van der Waals surface area (Å²) in [6.45, 7) is 7.45. The first-order valence-corrected chi connectivity index (χ1v) is 9.30. The van der Waals surface area contributed by atoms with Crippen molar-refractivity contribution in [3.63, 3.8) is 0 Å². The lowest BCUT2D eigenvalue weighted by Gasteiger charge is -2.40. The van der Waals surface area contributed by atoms with E-state index in [9.17, 15) is 4.39 Å². The van der Waals surface area contributed by atoms with Crippen LogP contribution in [0, 0.1) is 5.82 Å². The van der Waals surface area contributed by atoms with Crippen molar-refractivity contribution in [2.24, 2.45) is 0 Å². The molecule has 0 amide bonds. The average molecular weight is 389 g/mol. The molecule has 2 heterocycles. The van der Waals surface area contributed by atoms with Crippen LogP contribution in [0.5, 0.6) is 5.75 Å². The lowest BCUT2D eigenvalue weighted by atomic mass is 10.1. The highest BCUT2D eigenvalue weighted by Gasteiger charge is 2.25. The first-order chi connectivity index (χ1) is 12.7. The van der Waals surface area contributed by atoms with Gasteiger partial charge in [0.25, 0.3) is 0 Å². The zero-order valence-corrected chi connectivity index (χ0v) is 16.4. The maximum Gasteiger partial charge on any atom is 0.127 e. The minimum Gasteiger partial charge on any atom is -0.489 e. The molecule has 0 bridgehead atoms. The third-order valence-corrected chi connectivity index (χ3v) is 5.30. The van der Waals surface area contributed by atoms with E-state index in [-0.39, 0.29) is 18.2 Å². The van der Waals surface area contributed by atoms with Crippen molar-refractivity contribution in [3.05, 3.63) is 71.0 Å². The van der Waals surface area contributed by atoms with Gasteiger partial charge in [-0.25, -0.2) is 4.39 Å². The van der Waals surface area contributed by atoms with Crippen molar-refractivity contribution in [3.8, 4) is 5.75 Å².